The van der Waals surface area contributed by atoms with E-state index in [-0.39, 0.29) is 17.9 Å². The largest absolute Gasteiger partial charge is 0.489 e. The number of carbonyl (C=O) groups excluding carboxylic acids is 2. The first-order valence-corrected chi connectivity index (χ1v) is 9.51. The van der Waals surface area contributed by atoms with Gasteiger partial charge in [-0.1, -0.05) is 48.5 Å². The molecule has 1 N–H and O–H groups in total. The first-order valence-electron chi connectivity index (χ1n) is 9.51. The van der Waals surface area contributed by atoms with Crippen molar-refractivity contribution in [2.75, 3.05) is 13.1 Å². The zero-order valence-electron chi connectivity index (χ0n) is 15.3. The van der Waals surface area contributed by atoms with Gasteiger partial charge >= 0.3 is 0 Å². The lowest BCUT2D eigenvalue weighted by Gasteiger charge is -2.34. The van der Waals surface area contributed by atoms with Gasteiger partial charge in [-0.2, -0.15) is 0 Å². The highest BCUT2D eigenvalue weighted by atomic mass is 16.5. The molecule has 5 heteroatoms. The van der Waals surface area contributed by atoms with Crippen LogP contribution in [0.15, 0.2) is 54.6 Å². The average molecular weight is 364 g/mol. The number of hydrogen-bond donors (Lipinski definition) is 1. The van der Waals surface area contributed by atoms with E-state index in [1.807, 2.05) is 59.5 Å². The minimum absolute atomic E-state index is 0.0883. The molecular weight excluding hydrogens is 340 g/mol. The fourth-order valence-corrected chi connectivity index (χ4v) is 3.94. The fourth-order valence-electron chi connectivity index (χ4n) is 3.94. The highest BCUT2D eigenvalue weighted by molar-refractivity contribution is 5.81. The fraction of sp³-hybridized carbons (Fsp3) is 0.364. The van der Waals surface area contributed by atoms with E-state index in [1.54, 1.807) is 0 Å². The number of nitrogens with one attached hydrogen (secondary N) is 1. The van der Waals surface area contributed by atoms with E-state index in [0.717, 1.165) is 29.8 Å². The molecule has 2 amide bonds. The van der Waals surface area contributed by atoms with Gasteiger partial charge in [-0.05, 0) is 24.0 Å². The first-order chi connectivity index (χ1) is 13.2. The van der Waals surface area contributed by atoms with E-state index in [9.17, 15) is 9.59 Å². The summed E-state index contributed by atoms with van der Waals surface area (Å²) in [4.78, 5) is 26.3. The lowest BCUT2D eigenvalue weighted by Crippen LogP contribution is -2.49. The van der Waals surface area contributed by atoms with Crippen LogP contribution in [0.5, 0.6) is 5.75 Å². The van der Waals surface area contributed by atoms with Crippen molar-refractivity contribution in [1.29, 1.82) is 0 Å². The van der Waals surface area contributed by atoms with Crippen LogP contribution in [-0.4, -0.2) is 35.8 Å². The number of hydrogen-bond acceptors (Lipinski definition) is 3. The topological polar surface area (TPSA) is 58.6 Å². The number of fused-ring (bicyclic) bond motifs is 1. The van der Waals surface area contributed by atoms with Gasteiger partial charge in [0.2, 0.25) is 11.8 Å². The zero-order chi connectivity index (χ0) is 18.6. The predicted octanol–water partition coefficient (Wildman–Crippen LogP) is 2.55. The monoisotopic (exact) mass is 364 g/mol. The Labute approximate surface area is 159 Å². The molecule has 0 spiro atoms. The number of amides is 2. The minimum Gasteiger partial charge on any atom is -0.489 e. The number of rotatable bonds is 5. The highest BCUT2D eigenvalue weighted by Crippen LogP contribution is 2.27. The summed E-state index contributed by atoms with van der Waals surface area (Å²) in [6.07, 6.45) is 1.81. The molecule has 2 aromatic rings. The van der Waals surface area contributed by atoms with Crippen molar-refractivity contribution in [3.05, 3.63) is 65.7 Å². The van der Waals surface area contributed by atoms with Gasteiger partial charge in [0.25, 0.3) is 0 Å². The van der Waals surface area contributed by atoms with Crippen LogP contribution in [0.1, 0.15) is 24.0 Å². The second-order valence-electron chi connectivity index (χ2n) is 7.33. The molecule has 0 bridgehead atoms. The number of benzene rings is 2. The first kappa shape index (κ1) is 17.6. The van der Waals surface area contributed by atoms with E-state index in [2.05, 4.69) is 5.32 Å². The van der Waals surface area contributed by atoms with Crippen LogP contribution in [0.25, 0.3) is 0 Å². The molecule has 0 aromatic heterocycles. The molecule has 2 saturated heterocycles. The lowest BCUT2D eigenvalue weighted by molar-refractivity contribution is -0.132. The van der Waals surface area contributed by atoms with Crippen molar-refractivity contribution >= 4 is 11.8 Å². The van der Waals surface area contributed by atoms with Crippen LogP contribution < -0.4 is 10.1 Å². The van der Waals surface area contributed by atoms with Crippen LogP contribution in [-0.2, 0) is 22.6 Å². The molecular formula is C22H24N2O3. The Morgan fingerprint density at radius 1 is 1.11 bits per heavy atom. The number of piperidine rings is 1. The Morgan fingerprint density at radius 2 is 1.89 bits per heavy atom. The summed E-state index contributed by atoms with van der Waals surface area (Å²) in [5, 5.41) is 3.00. The summed E-state index contributed by atoms with van der Waals surface area (Å²) in [7, 11) is 0. The van der Waals surface area contributed by atoms with Crippen molar-refractivity contribution in [2.24, 2.45) is 5.92 Å². The van der Waals surface area contributed by atoms with Gasteiger partial charge in [-0.25, -0.2) is 0 Å². The summed E-state index contributed by atoms with van der Waals surface area (Å²) in [5.41, 5.74) is 1.99. The Balaban J connectivity index is 1.39. The average Bonchev–Trinajstić information content (AvgIpc) is 3.07. The molecule has 2 heterocycles. The predicted molar refractivity (Wildman–Crippen MR) is 102 cm³/mol. The molecule has 27 heavy (non-hydrogen) atoms. The van der Waals surface area contributed by atoms with E-state index in [0.29, 0.717) is 31.9 Å². The third-order valence-electron chi connectivity index (χ3n) is 5.45. The number of carbonyl (C=O) groups is 2. The van der Waals surface area contributed by atoms with Gasteiger partial charge in [0.1, 0.15) is 12.4 Å². The quantitative estimate of drug-likeness (QED) is 0.887. The Kier molecular flexibility index (Phi) is 5.10. The summed E-state index contributed by atoms with van der Waals surface area (Å²) in [5.74, 6) is 1.33. The van der Waals surface area contributed by atoms with Gasteiger partial charge in [-0.15, -0.1) is 0 Å². The van der Waals surface area contributed by atoms with E-state index in [4.69, 9.17) is 4.74 Å². The van der Waals surface area contributed by atoms with Gasteiger partial charge < -0.3 is 15.0 Å². The van der Waals surface area contributed by atoms with Crippen molar-refractivity contribution < 1.29 is 14.3 Å². The van der Waals surface area contributed by atoms with Gasteiger partial charge in [0, 0.05) is 31.1 Å². The van der Waals surface area contributed by atoms with Crippen molar-refractivity contribution in [1.82, 2.24) is 10.2 Å². The third kappa shape index (κ3) is 4.13. The molecule has 0 saturated carbocycles. The molecule has 4 rings (SSSR count). The lowest BCUT2D eigenvalue weighted by atomic mass is 9.92. The smallest absolute Gasteiger partial charge is 0.227 e. The van der Waals surface area contributed by atoms with Crippen LogP contribution in [0.2, 0.25) is 0 Å². The second kappa shape index (κ2) is 7.82. The number of nitrogens with zero attached hydrogens (tertiary/aromatic N) is 1. The molecule has 0 radical (unpaired) electrons. The molecule has 2 aliphatic rings. The summed E-state index contributed by atoms with van der Waals surface area (Å²) in [6.45, 7) is 1.82. The van der Waals surface area contributed by atoms with Gasteiger partial charge in [0.05, 0.1) is 6.42 Å². The van der Waals surface area contributed by atoms with Crippen LogP contribution in [0.3, 0.4) is 0 Å². The van der Waals surface area contributed by atoms with Crippen molar-refractivity contribution in [3.63, 3.8) is 0 Å². The molecule has 140 valence electrons. The minimum atomic E-state index is 0.0883. The van der Waals surface area contributed by atoms with E-state index >= 15 is 0 Å². The normalized spacial score (nSPS) is 21.5. The van der Waals surface area contributed by atoms with E-state index in [1.165, 1.54) is 0 Å². The van der Waals surface area contributed by atoms with Crippen molar-refractivity contribution in [2.45, 2.75) is 31.9 Å². The molecule has 2 aromatic carbocycles. The molecule has 2 fully saturated rings. The maximum Gasteiger partial charge on any atom is 0.227 e. The summed E-state index contributed by atoms with van der Waals surface area (Å²) in [6, 6.07) is 17.8. The maximum atomic E-state index is 12.8. The maximum absolute atomic E-state index is 12.8. The zero-order valence-corrected chi connectivity index (χ0v) is 15.3. The Hall–Kier alpha value is -2.82. The molecule has 0 aliphatic carbocycles. The van der Waals surface area contributed by atoms with E-state index < -0.39 is 0 Å². The second-order valence-corrected chi connectivity index (χ2v) is 7.33. The standard InChI is InChI=1S/C22H24N2O3/c25-21-12-17-10-11-24(14-19(17)23-21)22(26)13-18-8-4-5-9-20(18)27-15-16-6-2-1-3-7-16/h1-9,17,19H,10-15H2,(H,23,25)/t17-,19-/m1/s1. The van der Waals surface area contributed by atoms with Crippen LogP contribution in [0.4, 0.5) is 0 Å². The number of likely N-dealkylation sites (tertiary alicyclic amines) is 1. The molecule has 2 atom stereocenters. The third-order valence-corrected chi connectivity index (χ3v) is 5.45. The molecule has 2 aliphatic heterocycles. The molecule has 5 nitrogen and oxygen atoms in total. The number of ether oxygens (including phenoxy) is 1. The van der Waals surface area contributed by atoms with Gasteiger partial charge in [-0.3, -0.25) is 9.59 Å². The highest BCUT2D eigenvalue weighted by Gasteiger charge is 2.38. The van der Waals surface area contributed by atoms with Crippen LogP contribution in [0, 0.1) is 5.92 Å². The van der Waals surface area contributed by atoms with Crippen molar-refractivity contribution in [3.8, 4) is 5.75 Å². The Morgan fingerprint density at radius 3 is 2.74 bits per heavy atom. The summed E-state index contributed by atoms with van der Waals surface area (Å²) < 4.78 is 5.97. The molecule has 0 unspecified atom stereocenters. The Bertz CT molecular complexity index is 821. The van der Waals surface area contributed by atoms with Crippen LogP contribution >= 0.6 is 0 Å². The number of para-hydroxylation sites is 1. The SMILES string of the molecule is O=C1C[C@H]2CCN(C(=O)Cc3ccccc3OCc3ccccc3)C[C@H]2N1. The van der Waals surface area contributed by atoms with Gasteiger partial charge in [0.15, 0.2) is 0 Å². The summed E-state index contributed by atoms with van der Waals surface area (Å²) >= 11 is 0.